The maximum atomic E-state index is 14.7. The van der Waals surface area contributed by atoms with Gasteiger partial charge in [-0.15, -0.1) is 12.4 Å². The van der Waals surface area contributed by atoms with Gasteiger partial charge in [-0.2, -0.15) is 0 Å². The Hall–Kier alpha value is -1.86. The van der Waals surface area contributed by atoms with E-state index in [1.165, 1.54) is 6.07 Å². The van der Waals surface area contributed by atoms with Gasteiger partial charge in [0.15, 0.2) is 11.6 Å². The van der Waals surface area contributed by atoms with Crippen molar-refractivity contribution in [1.29, 1.82) is 0 Å². The molecule has 3 heterocycles. The summed E-state index contributed by atoms with van der Waals surface area (Å²) in [5.41, 5.74) is 0.963. The van der Waals surface area contributed by atoms with E-state index in [0.29, 0.717) is 17.0 Å². The Labute approximate surface area is 158 Å². The fourth-order valence-corrected chi connectivity index (χ4v) is 3.60. The molecule has 0 bridgehead atoms. The molecule has 0 spiro atoms. The van der Waals surface area contributed by atoms with Crippen LogP contribution in [0.15, 0.2) is 17.8 Å². The van der Waals surface area contributed by atoms with Crippen molar-refractivity contribution in [3.8, 4) is 0 Å². The Morgan fingerprint density at radius 1 is 1.27 bits per heavy atom. The number of aromatic nitrogens is 1. The van der Waals surface area contributed by atoms with E-state index in [4.69, 9.17) is 0 Å². The van der Waals surface area contributed by atoms with Crippen molar-refractivity contribution >= 4 is 30.0 Å². The maximum Gasteiger partial charge on any atom is 0.333 e. The van der Waals surface area contributed by atoms with Crippen LogP contribution in [-0.4, -0.2) is 59.7 Å². The number of nitrogens with zero attached hydrogens (tertiary/aromatic N) is 4. The number of carboxylic acids is 1. The predicted molar refractivity (Wildman–Crippen MR) is 101 cm³/mol. The lowest BCUT2D eigenvalue weighted by atomic mass is 10.0. The number of likely N-dealkylation sites (N-methyl/N-ethyl adjacent to an activating group) is 1. The van der Waals surface area contributed by atoms with Crippen LogP contribution in [0.2, 0.25) is 0 Å². The molecule has 4 rings (SSSR count). The fraction of sp³-hybridized carbons (Fsp3) is 0.556. The third-order valence-electron chi connectivity index (χ3n) is 5.27. The van der Waals surface area contributed by atoms with Crippen molar-refractivity contribution in [2.45, 2.75) is 32.2 Å². The molecule has 2 fully saturated rings. The Morgan fingerprint density at radius 2 is 1.96 bits per heavy atom. The van der Waals surface area contributed by atoms with Gasteiger partial charge < -0.3 is 19.8 Å². The molecule has 1 aromatic rings. The van der Waals surface area contributed by atoms with E-state index in [9.17, 15) is 14.3 Å². The van der Waals surface area contributed by atoms with E-state index in [1.807, 2.05) is 9.80 Å². The van der Waals surface area contributed by atoms with Crippen molar-refractivity contribution < 1.29 is 14.3 Å². The third-order valence-corrected chi connectivity index (χ3v) is 5.27. The van der Waals surface area contributed by atoms with Crippen LogP contribution in [0.5, 0.6) is 0 Å². The van der Waals surface area contributed by atoms with Crippen molar-refractivity contribution in [2.24, 2.45) is 0 Å². The summed E-state index contributed by atoms with van der Waals surface area (Å²) in [5.74, 6) is -0.184. The molecule has 3 aliphatic rings. The van der Waals surface area contributed by atoms with E-state index in [1.54, 1.807) is 6.20 Å². The lowest BCUT2D eigenvalue weighted by Gasteiger charge is -2.36. The highest BCUT2D eigenvalue weighted by molar-refractivity contribution is 5.89. The largest absolute Gasteiger partial charge is 0.478 e. The molecular formula is C18H24ClFN4O2. The number of fused-ring (bicyclic) bond motifs is 1. The standard InChI is InChI=1S/C18H23FN4O2.ClH/c1-2-21-5-7-22(8-6-21)17-15(19)10-12-9-13(18(24)25)11-23(14-3-4-14)16(12)20-17;/h10-11,14H,2-9H2,1H3,(H,24,25);1H. The first kappa shape index (κ1) is 18.9. The normalized spacial score (nSPS) is 20.3. The minimum atomic E-state index is -0.948. The molecule has 0 amide bonds. The highest BCUT2D eigenvalue weighted by atomic mass is 35.5. The van der Waals surface area contributed by atoms with Crippen molar-refractivity contribution in [3.63, 3.8) is 0 Å². The topological polar surface area (TPSA) is 59.9 Å². The lowest BCUT2D eigenvalue weighted by Crippen LogP contribution is -2.47. The molecule has 0 radical (unpaired) electrons. The summed E-state index contributed by atoms with van der Waals surface area (Å²) in [6, 6.07) is 1.77. The van der Waals surface area contributed by atoms with Crippen LogP contribution in [0.3, 0.4) is 0 Å². The van der Waals surface area contributed by atoms with Gasteiger partial charge in [0.05, 0.1) is 5.57 Å². The Balaban J connectivity index is 0.00000196. The molecule has 8 heteroatoms. The second-order valence-electron chi connectivity index (χ2n) is 6.97. The lowest BCUT2D eigenvalue weighted by molar-refractivity contribution is -0.132. The molecule has 0 aromatic carbocycles. The van der Waals surface area contributed by atoms with E-state index in [2.05, 4.69) is 16.8 Å². The number of aliphatic carboxylic acids is 1. The number of hydrogen-bond acceptors (Lipinski definition) is 5. The molecule has 0 unspecified atom stereocenters. The molecule has 26 heavy (non-hydrogen) atoms. The van der Waals surface area contributed by atoms with Gasteiger partial charge in [0.25, 0.3) is 0 Å². The zero-order valence-electron chi connectivity index (χ0n) is 14.8. The zero-order chi connectivity index (χ0) is 17.6. The van der Waals surface area contributed by atoms with Crippen LogP contribution >= 0.6 is 12.4 Å². The number of anilines is 2. The Morgan fingerprint density at radius 3 is 2.54 bits per heavy atom. The number of halogens is 2. The van der Waals surface area contributed by atoms with Crippen molar-refractivity contribution in [3.05, 3.63) is 29.2 Å². The molecule has 2 aliphatic heterocycles. The van der Waals surface area contributed by atoms with Gasteiger partial charge in [-0.3, -0.25) is 0 Å². The monoisotopic (exact) mass is 382 g/mol. The number of carbonyl (C=O) groups is 1. The van der Waals surface area contributed by atoms with Gasteiger partial charge in [-0.25, -0.2) is 14.2 Å². The molecule has 1 saturated carbocycles. The highest BCUT2D eigenvalue weighted by Crippen LogP contribution is 2.38. The molecule has 0 atom stereocenters. The van der Waals surface area contributed by atoms with Gasteiger partial charge in [-0.1, -0.05) is 6.92 Å². The molecule has 1 aromatic heterocycles. The van der Waals surface area contributed by atoms with Crippen LogP contribution < -0.4 is 9.80 Å². The summed E-state index contributed by atoms with van der Waals surface area (Å²) in [6.45, 7) is 6.47. The average molecular weight is 383 g/mol. The van der Waals surface area contributed by atoms with Crippen LogP contribution in [0, 0.1) is 5.82 Å². The van der Waals surface area contributed by atoms with Gasteiger partial charge in [0, 0.05) is 50.4 Å². The van der Waals surface area contributed by atoms with E-state index in [-0.39, 0.29) is 30.7 Å². The van der Waals surface area contributed by atoms with Crippen LogP contribution in [0.25, 0.3) is 0 Å². The summed E-state index contributed by atoms with van der Waals surface area (Å²) < 4.78 is 14.7. The number of piperazine rings is 1. The molecule has 1 N–H and O–H groups in total. The first-order chi connectivity index (χ1) is 12.1. The summed E-state index contributed by atoms with van der Waals surface area (Å²) >= 11 is 0. The molecule has 1 saturated heterocycles. The number of rotatable bonds is 4. The minimum absolute atomic E-state index is 0. The van der Waals surface area contributed by atoms with Gasteiger partial charge in [0.1, 0.15) is 5.82 Å². The first-order valence-electron chi connectivity index (χ1n) is 8.96. The predicted octanol–water partition coefficient (Wildman–Crippen LogP) is 2.28. The summed E-state index contributed by atoms with van der Waals surface area (Å²) in [6.07, 6.45) is 3.95. The highest BCUT2D eigenvalue weighted by Gasteiger charge is 2.35. The Kier molecular flexibility index (Phi) is 5.39. The van der Waals surface area contributed by atoms with E-state index >= 15 is 0 Å². The summed E-state index contributed by atoms with van der Waals surface area (Å²) in [4.78, 5) is 22.3. The van der Waals surface area contributed by atoms with E-state index in [0.717, 1.165) is 51.4 Å². The quantitative estimate of drug-likeness (QED) is 0.862. The van der Waals surface area contributed by atoms with Crippen molar-refractivity contribution in [1.82, 2.24) is 9.88 Å². The number of pyridine rings is 1. The SMILES string of the molecule is CCN1CCN(c2nc3c(cc2F)CC(C(=O)O)=CN3C2CC2)CC1.Cl. The first-order valence-corrected chi connectivity index (χ1v) is 8.96. The average Bonchev–Trinajstić information content (AvgIpc) is 3.45. The van der Waals surface area contributed by atoms with Gasteiger partial charge in [0.2, 0.25) is 0 Å². The molecule has 142 valence electrons. The number of carboxylic acid groups (broad SMARTS) is 1. The second-order valence-corrected chi connectivity index (χ2v) is 6.97. The molecular weight excluding hydrogens is 359 g/mol. The smallest absolute Gasteiger partial charge is 0.333 e. The fourth-order valence-electron chi connectivity index (χ4n) is 3.60. The third kappa shape index (κ3) is 3.50. The molecule has 6 nitrogen and oxygen atoms in total. The maximum absolute atomic E-state index is 14.7. The Bertz CT molecular complexity index is 730. The number of hydrogen-bond donors (Lipinski definition) is 1. The van der Waals surface area contributed by atoms with Gasteiger partial charge in [-0.05, 0) is 25.5 Å². The second kappa shape index (κ2) is 7.40. The zero-order valence-corrected chi connectivity index (χ0v) is 15.6. The van der Waals surface area contributed by atoms with Crippen LogP contribution in [-0.2, 0) is 11.2 Å². The van der Waals surface area contributed by atoms with E-state index < -0.39 is 5.97 Å². The molecule has 1 aliphatic carbocycles. The van der Waals surface area contributed by atoms with Crippen LogP contribution in [0.4, 0.5) is 16.0 Å². The van der Waals surface area contributed by atoms with Crippen LogP contribution in [0.1, 0.15) is 25.3 Å². The minimum Gasteiger partial charge on any atom is -0.478 e. The van der Waals surface area contributed by atoms with Gasteiger partial charge >= 0.3 is 5.97 Å². The summed E-state index contributed by atoms with van der Waals surface area (Å²) in [7, 11) is 0. The van der Waals surface area contributed by atoms with Crippen molar-refractivity contribution in [2.75, 3.05) is 42.5 Å². The summed E-state index contributed by atoms with van der Waals surface area (Å²) in [5, 5.41) is 9.34.